The summed E-state index contributed by atoms with van der Waals surface area (Å²) in [5, 5.41) is 0. The van der Waals surface area contributed by atoms with Crippen molar-refractivity contribution in [2.45, 2.75) is 45.1 Å². The molecule has 2 aliphatic rings. The molecule has 0 amide bonds. The Hall–Kier alpha value is -0.120. The lowest BCUT2D eigenvalue weighted by molar-refractivity contribution is 0.0647. The van der Waals surface area contributed by atoms with Crippen LogP contribution in [0.3, 0.4) is 0 Å². The lowest BCUT2D eigenvalue weighted by Crippen LogP contribution is -2.56. The highest BCUT2D eigenvalue weighted by atomic mass is 15.2. The number of likely N-dealkylation sites (N-methyl/N-ethyl adjacent to an activating group) is 1. The molecule has 1 aliphatic carbocycles. The van der Waals surface area contributed by atoms with Gasteiger partial charge in [-0.25, -0.2) is 0 Å². The molecule has 0 aromatic rings. The van der Waals surface area contributed by atoms with Crippen molar-refractivity contribution in [2.75, 3.05) is 39.8 Å². The van der Waals surface area contributed by atoms with Gasteiger partial charge in [-0.2, -0.15) is 0 Å². The molecule has 0 bridgehead atoms. The maximum atomic E-state index is 6.06. The first-order valence-electron chi connectivity index (χ1n) is 7.15. The number of nitrogens with two attached hydrogens (primary N) is 1. The van der Waals surface area contributed by atoms with Crippen LogP contribution in [0.2, 0.25) is 0 Å². The van der Waals surface area contributed by atoms with Crippen molar-refractivity contribution in [1.82, 2.24) is 9.80 Å². The van der Waals surface area contributed by atoms with Gasteiger partial charge in [0.15, 0.2) is 0 Å². The van der Waals surface area contributed by atoms with E-state index in [4.69, 9.17) is 5.73 Å². The van der Waals surface area contributed by atoms with Crippen molar-refractivity contribution in [1.29, 1.82) is 0 Å². The maximum absolute atomic E-state index is 6.06. The fraction of sp³-hybridized carbons (Fsp3) is 1.00. The summed E-state index contributed by atoms with van der Waals surface area (Å²) in [5.74, 6) is 0. The number of likely N-dealkylation sites (tertiary alicyclic amines) is 1. The van der Waals surface area contributed by atoms with Crippen LogP contribution in [0.15, 0.2) is 0 Å². The van der Waals surface area contributed by atoms with Gasteiger partial charge in [0.1, 0.15) is 0 Å². The summed E-state index contributed by atoms with van der Waals surface area (Å²) in [6, 6.07) is 0. The molecular weight excluding hydrogens is 210 g/mol. The SMILES string of the molecule is CN(CCN1CCCC1)C(C)(CN)C1(C)CC1. The Morgan fingerprint density at radius 2 is 1.88 bits per heavy atom. The van der Waals surface area contributed by atoms with Crippen molar-refractivity contribution >= 4 is 0 Å². The summed E-state index contributed by atoms with van der Waals surface area (Å²) in [5.41, 5.74) is 6.71. The highest BCUT2D eigenvalue weighted by Gasteiger charge is 2.54. The molecule has 100 valence electrons. The zero-order chi connectivity index (χ0) is 12.5. The minimum atomic E-state index is 0.187. The summed E-state index contributed by atoms with van der Waals surface area (Å²) in [6.45, 7) is 10.5. The molecular formula is C14H29N3. The minimum Gasteiger partial charge on any atom is -0.329 e. The number of hydrogen-bond donors (Lipinski definition) is 1. The standard InChI is InChI=1S/C14H29N3/c1-13(6-7-13)14(2,12-15)16(3)10-11-17-8-4-5-9-17/h4-12,15H2,1-3H3. The van der Waals surface area contributed by atoms with Crippen LogP contribution in [0.25, 0.3) is 0 Å². The molecule has 17 heavy (non-hydrogen) atoms. The predicted octanol–water partition coefficient (Wildman–Crippen LogP) is 1.53. The maximum Gasteiger partial charge on any atom is 0.0354 e. The van der Waals surface area contributed by atoms with Crippen LogP contribution in [-0.2, 0) is 0 Å². The average Bonchev–Trinajstić information content (AvgIpc) is 2.89. The molecule has 2 fully saturated rings. The summed E-state index contributed by atoms with van der Waals surface area (Å²) in [6.07, 6.45) is 5.45. The largest absolute Gasteiger partial charge is 0.329 e. The van der Waals surface area contributed by atoms with Crippen molar-refractivity contribution < 1.29 is 0 Å². The quantitative estimate of drug-likeness (QED) is 0.763. The molecule has 3 heteroatoms. The van der Waals surface area contributed by atoms with Gasteiger partial charge >= 0.3 is 0 Å². The summed E-state index contributed by atoms with van der Waals surface area (Å²) < 4.78 is 0. The lowest BCUT2D eigenvalue weighted by Gasteiger charge is -2.44. The highest BCUT2D eigenvalue weighted by molar-refractivity contribution is 5.09. The van der Waals surface area contributed by atoms with Crippen LogP contribution in [0.5, 0.6) is 0 Å². The smallest absolute Gasteiger partial charge is 0.0354 e. The first-order valence-corrected chi connectivity index (χ1v) is 7.15. The second kappa shape index (κ2) is 4.87. The van der Waals surface area contributed by atoms with Gasteiger partial charge in [-0.15, -0.1) is 0 Å². The number of hydrogen-bond acceptors (Lipinski definition) is 3. The van der Waals surface area contributed by atoms with Crippen LogP contribution < -0.4 is 5.73 Å². The van der Waals surface area contributed by atoms with Gasteiger partial charge in [0.2, 0.25) is 0 Å². The number of rotatable bonds is 6. The van der Waals surface area contributed by atoms with Crippen LogP contribution in [0.4, 0.5) is 0 Å². The van der Waals surface area contributed by atoms with Crippen LogP contribution >= 0.6 is 0 Å². The first kappa shape index (κ1) is 13.3. The Morgan fingerprint density at radius 1 is 1.29 bits per heavy atom. The van der Waals surface area contributed by atoms with Gasteiger partial charge in [0.25, 0.3) is 0 Å². The van der Waals surface area contributed by atoms with E-state index in [2.05, 4.69) is 30.7 Å². The molecule has 0 aromatic carbocycles. The zero-order valence-corrected chi connectivity index (χ0v) is 11.8. The van der Waals surface area contributed by atoms with Gasteiger partial charge < -0.3 is 10.6 Å². The Balaban J connectivity index is 1.86. The first-order chi connectivity index (χ1) is 8.02. The number of nitrogens with zero attached hydrogens (tertiary/aromatic N) is 2. The molecule has 1 saturated carbocycles. The molecule has 1 heterocycles. The van der Waals surface area contributed by atoms with Crippen molar-refractivity contribution in [2.24, 2.45) is 11.1 Å². The third kappa shape index (κ3) is 2.51. The highest BCUT2D eigenvalue weighted by Crippen LogP contribution is 2.55. The van der Waals surface area contributed by atoms with Crippen LogP contribution in [0.1, 0.15) is 39.5 Å². The molecule has 1 saturated heterocycles. The van der Waals surface area contributed by atoms with Crippen molar-refractivity contribution in [3.8, 4) is 0 Å². The van der Waals surface area contributed by atoms with Crippen LogP contribution in [-0.4, -0.2) is 55.1 Å². The normalized spacial score (nSPS) is 27.4. The molecule has 0 aromatic heterocycles. The van der Waals surface area contributed by atoms with E-state index >= 15 is 0 Å². The predicted molar refractivity (Wildman–Crippen MR) is 73.1 cm³/mol. The van der Waals surface area contributed by atoms with E-state index in [-0.39, 0.29) is 5.54 Å². The van der Waals surface area contributed by atoms with E-state index in [0.29, 0.717) is 5.41 Å². The van der Waals surface area contributed by atoms with E-state index < -0.39 is 0 Å². The van der Waals surface area contributed by atoms with Crippen molar-refractivity contribution in [3.05, 3.63) is 0 Å². The van der Waals surface area contributed by atoms with Gasteiger partial charge in [0.05, 0.1) is 0 Å². The Labute approximate surface area is 106 Å². The van der Waals surface area contributed by atoms with Gasteiger partial charge in [-0.3, -0.25) is 4.90 Å². The second-order valence-corrected chi connectivity index (χ2v) is 6.51. The van der Waals surface area contributed by atoms with E-state index in [1.807, 2.05) is 0 Å². The van der Waals surface area contributed by atoms with Crippen LogP contribution in [0, 0.1) is 5.41 Å². The fourth-order valence-corrected chi connectivity index (χ4v) is 3.13. The summed E-state index contributed by atoms with van der Waals surface area (Å²) in [7, 11) is 2.26. The molecule has 0 radical (unpaired) electrons. The molecule has 1 aliphatic heterocycles. The molecule has 3 nitrogen and oxygen atoms in total. The summed E-state index contributed by atoms with van der Waals surface area (Å²) >= 11 is 0. The topological polar surface area (TPSA) is 32.5 Å². The Morgan fingerprint density at radius 3 is 2.35 bits per heavy atom. The minimum absolute atomic E-state index is 0.187. The third-order valence-corrected chi connectivity index (χ3v) is 5.49. The average molecular weight is 239 g/mol. The summed E-state index contributed by atoms with van der Waals surface area (Å²) in [4.78, 5) is 5.10. The zero-order valence-electron chi connectivity index (χ0n) is 11.8. The molecule has 2 N–H and O–H groups in total. The Kier molecular flexibility index (Phi) is 3.81. The van der Waals surface area contributed by atoms with Gasteiger partial charge in [0, 0.05) is 25.2 Å². The second-order valence-electron chi connectivity index (χ2n) is 6.51. The molecule has 2 rings (SSSR count). The van der Waals surface area contributed by atoms with E-state index in [1.54, 1.807) is 0 Å². The molecule has 1 atom stereocenters. The van der Waals surface area contributed by atoms with Gasteiger partial charge in [-0.1, -0.05) is 6.92 Å². The molecule has 0 spiro atoms. The molecule has 1 unspecified atom stereocenters. The Bertz CT molecular complexity index is 256. The third-order valence-electron chi connectivity index (χ3n) is 5.49. The fourth-order valence-electron chi connectivity index (χ4n) is 3.13. The van der Waals surface area contributed by atoms with Crippen molar-refractivity contribution in [3.63, 3.8) is 0 Å². The van der Waals surface area contributed by atoms with E-state index in [9.17, 15) is 0 Å². The monoisotopic (exact) mass is 239 g/mol. The lowest BCUT2D eigenvalue weighted by atomic mass is 9.82. The van der Waals surface area contributed by atoms with E-state index in [0.717, 1.165) is 13.1 Å². The van der Waals surface area contributed by atoms with E-state index in [1.165, 1.54) is 45.3 Å². The van der Waals surface area contributed by atoms with Gasteiger partial charge in [-0.05, 0) is 58.2 Å².